The molecule has 1 aromatic rings. The van der Waals surface area contributed by atoms with Gasteiger partial charge in [-0.2, -0.15) is 0 Å². The summed E-state index contributed by atoms with van der Waals surface area (Å²) in [4.78, 5) is 83.7. The van der Waals surface area contributed by atoms with E-state index < -0.39 is 118 Å². The Bertz CT molecular complexity index is 1920. The number of aliphatic hydroxyl groups is 2. The third-order valence-electron chi connectivity index (χ3n) is 13.1. The number of hydrogen-bond donors (Lipinski definition) is 3. The van der Waals surface area contributed by atoms with E-state index in [4.69, 9.17) is 33.2 Å². The number of fused-ring (bicyclic) bond motifs is 4. The number of hydrogen-bond acceptors (Lipinski definition) is 15. The lowest BCUT2D eigenvalue weighted by Gasteiger charge is -2.67. The zero-order valence-electron chi connectivity index (χ0n) is 35.5. The molecule has 4 fully saturated rings. The van der Waals surface area contributed by atoms with E-state index in [0.29, 0.717) is 0 Å². The van der Waals surface area contributed by atoms with Gasteiger partial charge >= 0.3 is 30.2 Å². The van der Waals surface area contributed by atoms with Gasteiger partial charge in [-0.25, -0.2) is 19.2 Å². The first-order valence-corrected chi connectivity index (χ1v) is 20.1. The molecule has 1 spiro atoms. The lowest BCUT2D eigenvalue weighted by molar-refractivity contribution is -0.313. The average Bonchev–Trinajstić information content (AvgIpc) is 3.49. The molecular formula is C43H57NO15. The Hall–Kier alpha value is -4.54. The van der Waals surface area contributed by atoms with Crippen molar-refractivity contribution < 1.29 is 72.1 Å². The molecule has 2 heterocycles. The third kappa shape index (κ3) is 7.18. The van der Waals surface area contributed by atoms with Crippen molar-refractivity contribution in [2.75, 3.05) is 6.61 Å². The number of rotatable bonds is 9. The number of benzene rings is 1. The van der Waals surface area contributed by atoms with Crippen LogP contribution in [0.15, 0.2) is 41.5 Å². The van der Waals surface area contributed by atoms with E-state index in [0.717, 1.165) is 6.92 Å². The second kappa shape index (κ2) is 15.2. The zero-order chi connectivity index (χ0) is 43.8. The van der Waals surface area contributed by atoms with Crippen LogP contribution >= 0.6 is 0 Å². The predicted molar refractivity (Wildman–Crippen MR) is 205 cm³/mol. The maximum Gasteiger partial charge on any atom is 0.509 e. The van der Waals surface area contributed by atoms with Crippen LogP contribution in [-0.4, -0.2) is 113 Å². The van der Waals surface area contributed by atoms with Crippen LogP contribution in [0.4, 0.5) is 9.59 Å². The summed E-state index contributed by atoms with van der Waals surface area (Å²) in [6, 6.07) is 6.82. The van der Waals surface area contributed by atoms with E-state index in [-0.39, 0.29) is 42.1 Å². The van der Waals surface area contributed by atoms with E-state index in [1.165, 1.54) is 26.0 Å². The monoisotopic (exact) mass is 827 g/mol. The predicted octanol–water partition coefficient (Wildman–Crippen LogP) is 4.36. The highest BCUT2D eigenvalue weighted by atomic mass is 16.8. The maximum absolute atomic E-state index is 15.4. The van der Waals surface area contributed by atoms with E-state index in [1.807, 2.05) is 20.8 Å². The standard InChI is InChI=1S/C43H57NO15/c1-20(2)17-24(44-37(51)58-39(5,6)7)28(47)36(50)55-29-21(3)27-30(54-22(4)45)32(48)42(11)25(46)18-26-41(10,19-53-26)31(42)34(56-35(49)23-15-13-12-14-16-23)43(40(27,8)9)33(29)57-38(52)59-43/h12-16,20,24-26,28-31,33-34,46-47H,17-19H2,1-11H3,(H,44,51)/t24-,25-,26+,28+,29+,30+,31?,33-,34-,41+,42+,43+/m0/s1. The number of aliphatic hydroxyl groups excluding tert-OH is 2. The molecule has 3 aliphatic carbocycles. The topological polar surface area (TPSA) is 220 Å². The SMILES string of the molecule is CC(=O)O[C@H]1C(=O)[C@@]2(C)C([C@H](OC(=O)c3ccccc3)[C@]34OC(=O)O[C@H]3[C@H](OC(=O)[C@H](O)[C@H](CC(C)C)NC(=O)OC(C)(C)C)C(C)=C1C4(C)C)[C@]1(C)CO[C@@H]1C[C@@H]2O. The Kier molecular flexibility index (Phi) is 11.3. The number of carbonyl (C=O) groups is 6. The van der Waals surface area contributed by atoms with Crippen LogP contribution in [0.25, 0.3) is 0 Å². The lowest BCUT2D eigenvalue weighted by atomic mass is 9.42. The van der Waals surface area contributed by atoms with Crippen LogP contribution in [0.3, 0.4) is 0 Å². The first kappa shape index (κ1) is 44.0. The summed E-state index contributed by atoms with van der Waals surface area (Å²) in [6.07, 6.45) is -12.6. The van der Waals surface area contributed by atoms with Gasteiger partial charge in [0.2, 0.25) is 5.60 Å². The van der Waals surface area contributed by atoms with Gasteiger partial charge in [-0.3, -0.25) is 9.59 Å². The quantitative estimate of drug-likeness (QED) is 0.179. The minimum absolute atomic E-state index is 0.0164. The third-order valence-corrected chi connectivity index (χ3v) is 13.1. The normalized spacial score (nSPS) is 35.5. The second-order valence-corrected chi connectivity index (χ2v) is 19.0. The average molecular weight is 828 g/mol. The van der Waals surface area contributed by atoms with Gasteiger partial charge in [0.25, 0.3) is 0 Å². The zero-order valence-corrected chi connectivity index (χ0v) is 35.5. The van der Waals surface area contributed by atoms with Crippen LogP contribution in [-0.2, 0) is 47.5 Å². The van der Waals surface area contributed by atoms with Crippen molar-refractivity contribution in [1.82, 2.24) is 5.32 Å². The molecule has 3 N–H and O–H groups in total. The Labute approximate surface area is 343 Å². The molecule has 16 nitrogen and oxygen atoms in total. The van der Waals surface area contributed by atoms with Crippen LogP contribution in [0.2, 0.25) is 0 Å². The van der Waals surface area contributed by atoms with Gasteiger partial charge in [0.15, 0.2) is 36.3 Å². The smallest absolute Gasteiger partial charge is 0.454 e. The van der Waals surface area contributed by atoms with E-state index >= 15 is 4.79 Å². The Morgan fingerprint density at radius 1 is 1.00 bits per heavy atom. The first-order valence-electron chi connectivity index (χ1n) is 20.1. The van der Waals surface area contributed by atoms with Gasteiger partial charge in [-0.05, 0) is 70.2 Å². The maximum atomic E-state index is 15.4. The van der Waals surface area contributed by atoms with Crippen molar-refractivity contribution in [2.45, 2.75) is 149 Å². The molecule has 5 aliphatic rings. The van der Waals surface area contributed by atoms with Gasteiger partial charge in [0.05, 0.1) is 35.8 Å². The molecule has 2 saturated carbocycles. The molecule has 6 rings (SSSR count). The second-order valence-electron chi connectivity index (χ2n) is 19.0. The number of carbonyl (C=O) groups excluding carboxylic acids is 6. The van der Waals surface area contributed by atoms with Crippen LogP contribution in [0.1, 0.15) is 99.4 Å². The fraction of sp³-hybridized carbons (Fsp3) is 0.674. The van der Waals surface area contributed by atoms with Gasteiger partial charge < -0.3 is 48.7 Å². The molecule has 2 saturated heterocycles. The largest absolute Gasteiger partial charge is 0.509 e. The van der Waals surface area contributed by atoms with Gasteiger partial charge in [-0.15, -0.1) is 0 Å². The van der Waals surface area contributed by atoms with Crippen LogP contribution in [0.5, 0.6) is 0 Å². The van der Waals surface area contributed by atoms with E-state index in [9.17, 15) is 34.2 Å². The number of amides is 1. The Balaban J connectivity index is 1.57. The summed E-state index contributed by atoms with van der Waals surface area (Å²) in [7, 11) is 0. The van der Waals surface area contributed by atoms with Crippen molar-refractivity contribution in [3.8, 4) is 0 Å². The molecule has 1 aromatic carbocycles. The Morgan fingerprint density at radius 2 is 1.64 bits per heavy atom. The van der Waals surface area contributed by atoms with Crippen molar-refractivity contribution in [3.63, 3.8) is 0 Å². The van der Waals surface area contributed by atoms with Crippen molar-refractivity contribution in [1.29, 1.82) is 0 Å². The summed E-state index contributed by atoms with van der Waals surface area (Å²) in [5, 5.41) is 26.2. The molecule has 12 atom stereocenters. The number of esters is 3. The number of alkyl carbamates (subject to hydrolysis) is 1. The van der Waals surface area contributed by atoms with Crippen molar-refractivity contribution >= 4 is 35.9 Å². The van der Waals surface area contributed by atoms with E-state index in [2.05, 4.69) is 5.32 Å². The number of ether oxygens (including phenoxy) is 7. The van der Waals surface area contributed by atoms with Crippen LogP contribution < -0.4 is 5.32 Å². The minimum atomic E-state index is -2.16. The highest BCUT2D eigenvalue weighted by Crippen LogP contribution is 2.68. The molecular weight excluding hydrogens is 770 g/mol. The molecule has 16 heteroatoms. The summed E-state index contributed by atoms with van der Waals surface area (Å²) >= 11 is 0. The summed E-state index contributed by atoms with van der Waals surface area (Å²) < 4.78 is 42.3. The van der Waals surface area contributed by atoms with Crippen LogP contribution in [0, 0.1) is 28.1 Å². The molecule has 0 aromatic heterocycles. The number of ketones is 1. The lowest BCUT2D eigenvalue weighted by Crippen LogP contribution is -2.80. The molecule has 1 amide bonds. The molecule has 324 valence electrons. The summed E-state index contributed by atoms with van der Waals surface area (Å²) in [6.45, 7) is 17.9. The van der Waals surface area contributed by atoms with Gasteiger partial charge in [0.1, 0.15) is 5.60 Å². The van der Waals surface area contributed by atoms with Crippen molar-refractivity contribution in [3.05, 3.63) is 47.0 Å². The molecule has 2 aliphatic heterocycles. The van der Waals surface area contributed by atoms with Gasteiger partial charge in [-0.1, -0.05) is 52.8 Å². The van der Waals surface area contributed by atoms with Gasteiger partial charge in [0, 0.05) is 30.1 Å². The fourth-order valence-electron chi connectivity index (χ4n) is 10.4. The highest BCUT2D eigenvalue weighted by Gasteiger charge is 2.81. The van der Waals surface area contributed by atoms with E-state index in [1.54, 1.807) is 52.8 Å². The highest BCUT2D eigenvalue weighted by molar-refractivity contribution is 5.95. The number of Topliss-reactive ketones (excluding diaryl/α,β-unsaturated/α-hetero) is 1. The van der Waals surface area contributed by atoms with Crippen molar-refractivity contribution in [2.24, 2.45) is 28.1 Å². The Morgan fingerprint density at radius 3 is 2.20 bits per heavy atom. The minimum Gasteiger partial charge on any atom is -0.454 e. The molecule has 2 bridgehead atoms. The first-order chi connectivity index (χ1) is 27.3. The number of nitrogens with one attached hydrogen (secondary N) is 1. The summed E-state index contributed by atoms with van der Waals surface area (Å²) in [5.41, 5.74) is -7.20. The summed E-state index contributed by atoms with van der Waals surface area (Å²) in [5.74, 6) is -4.99. The molecule has 1 unspecified atom stereocenters. The fourth-order valence-corrected chi connectivity index (χ4v) is 10.4. The molecule has 59 heavy (non-hydrogen) atoms. The molecule has 0 radical (unpaired) electrons.